The van der Waals surface area contributed by atoms with E-state index in [0.717, 1.165) is 27.9 Å². The Kier molecular flexibility index (Phi) is 4.73. The molecular weight excluding hydrogens is 462 g/mol. The molecule has 0 saturated carbocycles. The number of hydrogen-bond donors (Lipinski definition) is 1. The van der Waals surface area contributed by atoms with Crippen molar-refractivity contribution in [3.05, 3.63) is 76.3 Å². The SMILES string of the molecule is O=c1oc2cc(S(=O)(=O)Nc3ncns3)ccc2n1Cc1cccc2cc(Cl)ncc12. The molecule has 0 fully saturated rings. The molecule has 12 heteroatoms. The van der Waals surface area contributed by atoms with Crippen LogP contribution in [0.3, 0.4) is 0 Å². The smallest absolute Gasteiger partial charge is 0.408 e. The van der Waals surface area contributed by atoms with Crippen molar-refractivity contribution in [3.8, 4) is 0 Å². The lowest BCUT2D eigenvalue weighted by Gasteiger charge is -2.08. The maximum atomic E-state index is 12.6. The molecule has 2 aromatic carbocycles. The summed E-state index contributed by atoms with van der Waals surface area (Å²) >= 11 is 6.89. The molecule has 9 nitrogen and oxygen atoms in total. The van der Waals surface area contributed by atoms with Crippen molar-refractivity contribution in [1.29, 1.82) is 0 Å². The van der Waals surface area contributed by atoms with Crippen LogP contribution in [-0.4, -0.2) is 27.3 Å². The van der Waals surface area contributed by atoms with Gasteiger partial charge in [0.2, 0.25) is 5.13 Å². The van der Waals surface area contributed by atoms with Gasteiger partial charge < -0.3 is 4.42 Å². The standard InChI is InChI=1S/C19H12ClN5O4S2/c20-17-6-11-2-1-3-12(14(11)8-21-17)9-25-15-5-4-13(7-16(15)29-19(25)26)31(27,28)24-18-22-10-23-30-18/h1-8,10H,9H2,(H,22,23,24). The summed E-state index contributed by atoms with van der Waals surface area (Å²) in [6.07, 6.45) is 2.91. The highest BCUT2D eigenvalue weighted by molar-refractivity contribution is 7.93. The van der Waals surface area contributed by atoms with E-state index in [1.54, 1.807) is 12.3 Å². The van der Waals surface area contributed by atoms with Gasteiger partial charge in [-0.25, -0.2) is 23.2 Å². The minimum Gasteiger partial charge on any atom is -0.408 e. The first-order valence-electron chi connectivity index (χ1n) is 8.87. The summed E-state index contributed by atoms with van der Waals surface area (Å²) in [5.74, 6) is -0.597. The predicted octanol–water partition coefficient (Wildman–Crippen LogP) is 3.50. The highest BCUT2D eigenvalue weighted by Gasteiger charge is 2.19. The highest BCUT2D eigenvalue weighted by Crippen LogP contribution is 2.24. The van der Waals surface area contributed by atoms with E-state index in [0.29, 0.717) is 10.7 Å². The lowest BCUT2D eigenvalue weighted by Crippen LogP contribution is -2.15. The Morgan fingerprint density at radius 1 is 1.16 bits per heavy atom. The van der Waals surface area contributed by atoms with E-state index < -0.39 is 15.8 Å². The Balaban J connectivity index is 1.54. The lowest BCUT2D eigenvalue weighted by molar-refractivity contribution is 0.517. The normalized spacial score (nSPS) is 11.9. The molecule has 156 valence electrons. The lowest BCUT2D eigenvalue weighted by atomic mass is 10.1. The third-order valence-corrected chi connectivity index (χ3v) is 6.94. The van der Waals surface area contributed by atoms with E-state index in [1.165, 1.54) is 29.1 Å². The molecule has 31 heavy (non-hydrogen) atoms. The number of halogens is 1. The van der Waals surface area contributed by atoms with Crippen molar-refractivity contribution in [2.45, 2.75) is 11.4 Å². The van der Waals surface area contributed by atoms with E-state index >= 15 is 0 Å². The third kappa shape index (κ3) is 3.67. The Bertz CT molecular complexity index is 1590. The van der Waals surface area contributed by atoms with Gasteiger partial charge in [0.05, 0.1) is 17.0 Å². The molecule has 5 aromatic rings. The number of fused-ring (bicyclic) bond motifs is 2. The molecule has 0 spiro atoms. The van der Waals surface area contributed by atoms with E-state index in [2.05, 4.69) is 19.1 Å². The average molecular weight is 474 g/mol. The zero-order valence-corrected chi connectivity index (χ0v) is 17.9. The van der Waals surface area contributed by atoms with Crippen LogP contribution in [0.5, 0.6) is 0 Å². The molecule has 0 aliphatic rings. The molecule has 0 amide bonds. The molecule has 0 aliphatic carbocycles. The molecule has 3 aromatic heterocycles. The van der Waals surface area contributed by atoms with Crippen LogP contribution >= 0.6 is 23.1 Å². The van der Waals surface area contributed by atoms with E-state index in [9.17, 15) is 13.2 Å². The van der Waals surface area contributed by atoms with Crippen LogP contribution in [0.15, 0.2) is 69.1 Å². The number of rotatable bonds is 5. The van der Waals surface area contributed by atoms with Crippen molar-refractivity contribution in [1.82, 2.24) is 18.9 Å². The van der Waals surface area contributed by atoms with Gasteiger partial charge in [0.25, 0.3) is 10.0 Å². The average Bonchev–Trinajstić information content (AvgIpc) is 3.34. The minimum atomic E-state index is -3.90. The van der Waals surface area contributed by atoms with Crippen LogP contribution in [0.1, 0.15) is 5.56 Å². The molecule has 0 atom stereocenters. The van der Waals surface area contributed by atoms with Crippen LogP contribution in [0.4, 0.5) is 5.13 Å². The predicted molar refractivity (Wildman–Crippen MR) is 117 cm³/mol. The molecule has 1 N–H and O–H groups in total. The number of nitrogens with one attached hydrogen (secondary N) is 1. The number of sulfonamides is 1. The van der Waals surface area contributed by atoms with Gasteiger partial charge in [0, 0.05) is 29.2 Å². The monoisotopic (exact) mass is 473 g/mol. The summed E-state index contributed by atoms with van der Waals surface area (Å²) in [6, 6.07) is 11.7. The first kappa shape index (κ1) is 19.7. The second-order valence-electron chi connectivity index (χ2n) is 6.58. The first-order chi connectivity index (χ1) is 14.9. The second-order valence-corrected chi connectivity index (χ2v) is 9.43. The van der Waals surface area contributed by atoms with Crippen LogP contribution in [0.2, 0.25) is 5.15 Å². The Hall–Kier alpha value is -3.28. The summed E-state index contributed by atoms with van der Waals surface area (Å²) in [5, 5.41) is 2.28. The topological polar surface area (TPSA) is 120 Å². The maximum absolute atomic E-state index is 12.6. The quantitative estimate of drug-likeness (QED) is 0.388. The number of benzene rings is 2. The number of aromatic nitrogens is 4. The van der Waals surface area contributed by atoms with Crippen molar-refractivity contribution in [3.63, 3.8) is 0 Å². The summed E-state index contributed by atoms with van der Waals surface area (Å²) in [4.78, 5) is 20.4. The molecular formula is C19H12ClN5O4S2. The fourth-order valence-corrected chi connectivity index (χ4v) is 5.11. The summed E-state index contributed by atoms with van der Waals surface area (Å²) < 4.78 is 38.0. The first-order valence-corrected chi connectivity index (χ1v) is 11.5. The number of pyridine rings is 1. The molecule has 0 unspecified atom stereocenters. The number of oxazole rings is 1. The summed E-state index contributed by atoms with van der Waals surface area (Å²) in [7, 11) is -3.90. The van der Waals surface area contributed by atoms with Crippen LogP contribution < -0.4 is 10.5 Å². The molecule has 0 aliphatic heterocycles. The van der Waals surface area contributed by atoms with Gasteiger partial charge >= 0.3 is 5.76 Å². The Morgan fingerprint density at radius 2 is 2.03 bits per heavy atom. The molecule has 0 bridgehead atoms. The molecule has 3 heterocycles. The molecule has 5 rings (SSSR count). The minimum absolute atomic E-state index is 0.0555. The van der Waals surface area contributed by atoms with E-state index in [1.807, 2.05) is 18.2 Å². The zero-order valence-electron chi connectivity index (χ0n) is 15.5. The molecule has 0 radical (unpaired) electrons. The van der Waals surface area contributed by atoms with Crippen molar-refractivity contribution in [2.75, 3.05) is 4.72 Å². The van der Waals surface area contributed by atoms with Crippen molar-refractivity contribution < 1.29 is 12.8 Å². The Labute approximate surface area is 184 Å². The van der Waals surface area contributed by atoms with Gasteiger partial charge in [-0.05, 0) is 29.1 Å². The van der Waals surface area contributed by atoms with Crippen molar-refractivity contribution in [2.24, 2.45) is 0 Å². The maximum Gasteiger partial charge on any atom is 0.420 e. The number of anilines is 1. The van der Waals surface area contributed by atoms with Gasteiger partial charge in [0.15, 0.2) is 5.58 Å². The van der Waals surface area contributed by atoms with Crippen LogP contribution in [-0.2, 0) is 16.6 Å². The van der Waals surface area contributed by atoms with Gasteiger partial charge in [-0.2, -0.15) is 4.37 Å². The van der Waals surface area contributed by atoms with Gasteiger partial charge in [-0.3, -0.25) is 9.29 Å². The van der Waals surface area contributed by atoms with Gasteiger partial charge in [-0.15, -0.1) is 0 Å². The van der Waals surface area contributed by atoms with Crippen LogP contribution in [0.25, 0.3) is 21.9 Å². The highest BCUT2D eigenvalue weighted by atomic mass is 35.5. The second kappa shape index (κ2) is 7.45. The van der Waals surface area contributed by atoms with E-state index in [4.69, 9.17) is 16.0 Å². The summed E-state index contributed by atoms with van der Waals surface area (Å²) in [5.41, 5.74) is 1.48. The molecule has 0 saturated heterocycles. The number of hydrogen-bond acceptors (Lipinski definition) is 8. The third-order valence-electron chi connectivity index (χ3n) is 4.68. The van der Waals surface area contributed by atoms with Crippen LogP contribution in [0, 0.1) is 0 Å². The van der Waals surface area contributed by atoms with Gasteiger partial charge in [-0.1, -0.05) is 29.8 Å². The fraction of sp³-hybridized carbons (Fsp3) is 0.0526. The Morgan fingerprint density at radius 3 is 2.84 bits per heavy atom. The number of nitrogens with zero attached hydrogens (tertiary/aromatic N) is 4. The fourth-order valence-electron chi connectivity index (χ4n) is 3.27. The van der Waals surface area contributed by atoms with Crippen molar-refractivity contribution >= 4 is 60.2 Å². The summed E-state index contributed by atoms with van der Waals surface area (Å²) in [6.45, 7) is 0.224. The zero-order chi connectivity index (χ0) is 21.6. The largest absolute Gasteiger partial charge is 0.420 e. The van der Waals surface area contributed by atoms with E-state index in [-0.39, 0.29) is 22.2 Å². The van der Waals surface area contributed by atoms with Gasteiger partial charge in [0.1, 0.15) is 11.5 Å².